The van der Waals surface area contributed by atoms with Crippen molar-refractivity contribution in [2.75, 3.05) is 63.2 Å². The molecule has 63 heavy (non-hydrogen) atoms. The number of carbonyl (C=O) groups is 10. The van der Waals surface area contributed by atoms with Gasteiger partial charge in [0.05, 0.1) is 21.3 Å². The van der Waals surface area contributed by atoms with Gasteiger partial charge in [0.25, 0.3) is 0 Å². The molecule has 0 saturated carbocycles. The van der Waals surface area contributed by atoms with Crippen LogP contribution in [0.5, 0.6) is 0 Å². The van der Waals surface area contributed by atoms with Gasteiger partial charge in [0.1, 0.15) is 18.2 Å². The second kappa shape index (κ2) is 106. The topological polar surface area (TPSA) is 256 Å². The molecular weight excluding hydrogens is 821 g/mol. The lowest BCUT2D eigenvalue weighted by atomic mass is 10.3. The van der Waals surface area contributed by atoms with E-state index >= 15 is 0 Å². The van der Waals surface area contributed by atoms with Crippen LogP contribution in [0.2, 0.25) is 0 Å². The molecule has 0 radical (unpaired) electrons. The summed E-state index contributed by atoms with van der Waals surface area (Å²) in [7, 11) is 11.9. The zero-order valence-electron chi connectivity index (χ0n) is 37.3. The number of rotatable bonds is 7. The standard InChI is InChI=1S/C10H8NO.C5H10O.C4H8O2.2C3H7NO.3C3H6O2.C3H6O.C2H5NO.6CH4/c1-3-4-5-6-7-8-9-10(12)11-2;1-3-4-5(2)6;1-4(5)3-6-2;2*1-3(5)4-2;3*1-3(4)5-2;1-3(2)4;1-3-2-4;;;;;;/h1,8H,9H2,2H3,(H,11,12);3-4H2,1-2H3;3H2,1-2H3;2*1-2H3,(H,4,5);3*1-2H3;1-2H3;2H,1H3,(H,3,4);6*1H4/q-1;;;;;;;;;;;;;;;. The van der Waals surface area contributed by atoms with Gasteiger partial charge in [0.15, 0.2) is 5.78 Å². The number of esters is 3. The van der Waals surface area contributed by atoms with Crippen molar-refractivity contribution >= 4 is 59.4 Å². The maximum absolute atomic E-state index is 10.6. The zero-order chi connectivity index (χ0) is 47.6. The van der Waals surface area contributed by atoms with E-state index in [4.69, 9.17) is 11.2 Å². The molecule has 0 rings (SSSR count). The maximum atomic E-state index is 10.6. The highest BCUT2D eigenvalue weighted by atomic mass is 16.5. The number of ketones is 3. The van der Waals surface area contributed by atoms with Crippen LogP contribution in [0.3, 0.4) is 0 Å². The molecule has 378 valence electrons. The average molecular weight is 914 g/mol. The van der Waals surface area contributed by atoms with Gasteiger partial charge in [-0.2, -0.15) is 6.42 Å². The van der Waals surface area contributed by atoms with Gasteiger partial charge in [-0.1, -0.05) is 51.5 Å². The third-order valence-corrected chi connectivity index (χ3v) is 3.57. The number of carbonyl (C=O) groups excluding carboxylic acids is 10. The van der Waals surface area contributed by atoms with Crippen LogP contribution in [0, 0.1) is 42.4 Å². The van der Waals surface area contributed by atoms with Crippen molar-refractivity contribution in [1.29, 1.82) is 0 Å². The van der Waals surface area contributed by atoms with Gasteiger partial charge in [-0.25, -0.2) is 5.92 Å². The fourth-order valence-electron chi connectivity index (χ4n) is 0.956. The van der Waals surface area contributed by atoms with Gasteiger partial charge in [-0.15, -0.1) is 12.3 Å². The van der Waals surface area contributed by atoms with Gasteiger partial charge in [0, 0.05) is 76.3 Å². The number of terminal acetylenes is 1. The minimum absolute atomic E-state index is 0. The van der Waals surface area contributed by atoms with Crippen LogP contribution in [-0.4, -0.2) is 123 Å². The summed E-state index contributed by atoms with van der Waals surface area (Å²) >= 11 is 0. The van der Waals surface area contributed by atoms with Crippen LogP contribution in [0.15, 0.2) is 0 Å². The first-order valence-electron chi connectivity index (χ1n) is 16.4. The van der Waals surface area contributed by atoms with Gasteiger partial charge in [-0.3, -0.25) is 44.3 Å². The number of hydrogen-bond acceptors (Lipinski definition) is 14. The largest absolute Gasteiger partial charge is 0.469 e. The number of ether oxygens (including phenoxy) is 4. The maximum Gasteiger partial charge on any atom is 0.302 e. The smallest absolute Gasteiger partial charge is 0.302 e. The molecule has 0 aromatic heterocycles. The Kier molecular flexibility index (Phi) is 178. The highest BCUT2D eigenvalue weighted by molar-refractivity contribution is 5.77. The fraction of sp³-hybridized carbons (Fsp3) is 0.622. The van der Waals surface area contributed by atoms with E-state index in [9.17, 15) is 43.2 Å². The minimum Gasteiger partial charge on any atom is -0.469 e. The molecule has 0 aromatic rings. The lowest BCUT2D eigenvalue weighted by Gasteiger charge is -1.97. The van der Waals surface area contributed by atoms with Gasteiger partial charge < -0.3 is 49.8 Å². The Bertz CT molecular complexity index is 1120. The van der Waals surface area contributed by atoms with Crippen LogP contribution < -0.4 is 21.3 Å². The number of Topliss-reactive ketones (excluding diaryl/α,β-unsaturated/α-hetero) is 3. The van der Waals surface area contributed by atoms with Gasteiger partial charge in [0.2, 0.25) is 24.1 Å². The van der Waals surface area contributed by atoms with E-state index in [1.807, 2.05) is 6.92 Å². The molecule has 0 aliphatic rings. The number of amides is 4. The molecule has 0 bridgehead atoms. The summed E-state index contributed by atoms with van der Waals surface area (Å²) in [6, 6.07) is 0. The number of hydrogen-bond donors (Lipinski definition) is 4. The van der Waals surface area contributed by atoms with Crippen LogP contribution in [0.1, 0.15) is 133 Å². The molecular formula is C45H93N4O14-. The van der Waals surface area contributed by atoms with Crippen molar-refractivity contribution in [1.82, 2.24) is 21.3 Å². The highest BCUT2D eigenvalue weighted by Gasteiger charge is 1.87. The monoisotopic (exact) mass is 914 g/mol. The third-order valence-electron chi connectivity index (χ3n) is 3.57. The number of nitrogens with one attached hydrogen (secondary N) is 4. The molecule has 0 heterocycles. The molecule has 18 nitrogen and oxygen atoms in total. The predicted molar refractivity (Wildman–Crippen MR) is 260 cm³/mol. The summed E-state index contributed by atoms with van der Waals surface area (Å²) in [5.74, 6) is 11.7. The lowest BCUT2D eigenvalue weighted by Crippen LogP contribution is -2.16. The summed E-state index contributed by atoms with van der Waals surface area (Å²) in [4.78, 5) is 97.3. The summed E-state index contributed by atoms with van der Waals surface area (Å²) in [5.41, 5.74) is 0. The predicted octanol–water partition coefficient (Wildman–Crippen LogP) is 5.38. The van der Waals surface area contributed by atoms with Crippen LogP contribution in [-0.2, 0) is 66.9 Å². The Morgan fingerprint density at radius 1 is 0.571 bits per heavy atom. The van der Waals surface area contributed by atoms with Gasteiger partial charge in [-0.05, 0) is 52.4 Å². The van der Waals surface area contributed by atoms with E-state index < -0.39 is 0 Å². The average Bonchev–Trinajstić information content (AvgIpc) is 3.14. The summed E-state index contributed by atoms with van der Waals surface area (Å²) in [6.45, 7) is 15.4. The van der Waals surface area contributed by atoms with Crippen LogP contribution >= 0.6 is 0 Å². The minimum atomic E-state index is -0.245. The summed E-state index contributed by atoms with van der Waals surface area (Å²) in [6.07, 6.45) is 9.00. The van der Waals surface area contributed by atoms with Crippen molar-refractivity contribution in [3.8, 4) is 36.0 Å². The first-order valence-corrected chi connectivity index (χ1v) is 16.4. The fourth-order valence-corrected chi connectivity index (χ4v) is 0.956. The Morgan fingerprint density at radius 2 is 0.857 bits per heavy atom. The molecule has 0 atom stereocenters. The first-order chi connectivity index (χ1) is 26.3. The van der Waals surface area contributed by atoms with Gasteiger partial charge >= 0.3 is 17.9 Å². The molecule has 4 amide bonds. The normalized spacial score (nSPS) is 6.17. The Morgan fingerprint density at radius 3 is 0.968 bits per heavy atom. The van der Waals surface area contributed by atoms with Crippen LogP contribution in [0.25, 0.3) is 0 Å². The highest BCUT2D eigenvalue weighted by Crippen LogP contribution is 1.84. The number of methoxy groups -OCH3 is 4. The molecule has 4 N–H and O–H groups in total. The molecule has 18 heteroatoms. The van der Waals surface area contributed by atoms with Crippen molar-refractivity contribution in [3.05, 3.63) is 6.42 Å². The molecule has 0 aliphatic carbocycles. The molecule has 0 aliphatic heterocycles. The van der Waals surface area contributed by atoms with E-state index in [-0.39, 0.29) is 111 Å². The van der Waals surface area contributed by atoms with E-state index in [0.717, 1.165) is 12.8 Å². The quantitative estimate of drug-likeness (QED) is 0.0823. The van der Waals surface area contributed by atoms with Crippen molar-refractivity contribution in [2.24, 2.45) is 0 Å². The Balaban J connectivity index is -0.0000000281. The van der Waals surface area contributed by atoms with E-state index in [1.54, 1.807) is 35.1 Å². The molecule has 0 fully saturated rings. The molecule has 0 spiro atoms. The SMILES string of the molecule is C.C.C.C.C.C.C#CC#CC#C[CH-]CC(=O)NC.CC(C)=O.CCCC(C)=O.CNC(C)=O.CNC(C)=O.CNC=O.COC(C)=O.COC(C)=O.COC(C)=O.COCC(C)=O. The summed E-state index contributed by atoms with van der Waals surface area (Å²) in [5, 5.41) is 9.49. The third kappa shape index (κ3) is 373. The summed E-state index contributed by atoms with van der Waals surface area (Å²) < 4.78 is 16.8. The van der Waals surface area contributed by atoms with E-state index in [1.165, 1.54) is 90.2 Å². The van der Waals surface area contributed by atoms with Crippen molar-refractivity contribution in [2.45, 2.75) is 133 Å². The lowest BCUT2D eigenvalue weighted by molar-refractivity contribution is -0.138. The Labute approximate surface area is 385 Å². The second-order valence-electron chi connectivity index (χ2n) is 9.35. The molecule has 0 unspecified atom stereocenters. The van der Waals surface area contributed by atoms with Crippen LogP contribution in [0.4, 0.5) is 0 Å². The van der Waals surface area contributed by atoms with Crippen molar-refractivity contribution in [3.63, 3.8) is 0 Å². The van der Waals surface area contributed by atoms with Crippen molar-refractivity contribution < 1.29 is 66.9 Å². The Hall–Kier alpha value is -6.19. The first kappa shape index (κ1) is 106. The molecule has 0 saturated heterocycles. The van der Waals surface area contributed by atoms with E-state index in [0.29, 0.717) is 6.41 Å². The second-order valence-corrected chi connectivity index (χ2v) is 9.35. The van der Waals surface area contributed by atoms with E-state index in [2.05, 4.69) is 69.8 Å². The zero-order valence-corrected chi connectivity index (χ0v) is 37.3. The molecule has 0 aromatic carbocycles.